The molecule has 1 aliphatic rings. The molecular formula is C13H17IN3+. The lowest BCUT2D eigenvalue weighted by Crippen LogP contribution is -2.75. The van der Waals surface area contributed by atoms with Gasteiger partial charge in [-0.3, -0.25) is 4.99 Å². The summed E-state index contributed by atoms with van der Waals surface area (Å²) >= 11 is 2.32. The highest BCUT2D eigenvalue weighted by molar-refractivity contribution is 14.1. The summed E-state index contributed by atoms with van der Waals surface area (Å²) < 4.78 is 1.22. The molecule has 0 saturated carbocycles. The summed E-state index contributed by atoms with van der Waals surface area (Å²) in [4.78, 5) is 3.37. The van der Waals surface area contributed by atoms with E-state index in [4.69, 9.17) is 0 Å². The molecule has 3 nitrogen and oxygen atoms in total. The highest BCUT2D eigenvalue weighted by Crippen LogP contribution is 2.08. The van der Waals surface area contributed by atoms with Crippen molar-refractivity contribution in [2.24, 2.45) is 5.10 Å². The zero-order valence-electron chi connectivity index (χ0n) is 9.75. The number of benzene rings is 1. The molecule has 0 radical (unpaired) electrons. The Hall–Kier alpha value is -0.910. The van der Waals surface area contributed by atoms with Gasteiger partial charge in [-0.15, -0.1) is 0 Å². The number of hydrazone groups is 1. The van der Waals surface area contributed by atoms with Crippen LogP contribution in [-0.2, 0) is 0 Å². The first-order valence-electron chi connectivity index (χ1n) is 5.99. The molecule has 1 heterocycles. The fraction of sp³-hybridized carbons (Fsp3) is 0.385. The van der Waals surface area contributed by atoms with E-state index >= 15 is 0 Å². The molecule has 1 aromatic carbocycles. The van der Waals surface area contributed by atoms with E-state index in [-0.39, 0.29) is 0 Å². The van der Waals surface area contributed by atoms with E-state index in [0.717, 1.165) is 24.4 Å². The Balaban J connectivity index is 1.93. The normalized spacial score (nSPS) is 16.6. The summed E-state index contributed by atoms with van der Waals surface area (Å²) in [5, 5.41) is 4.29. The molecule has 0 atom stereocenters. The van der Waals surface area contributed by atoms with E-state index in [1.807, 2.05) is 18.3 Å². The zero-order valence-corrected chi connectivity index (χ0v) is 11.9. The van der Waals surface area contributed by atoms with Crippen molar-refractivity contribution in [2.45, 2.75) is 25.7 Å². The zero-order chi connectivity index (χ0) is 11.9. The number of nitrogens with one attached hydrogen (secondary N) is 2. The van der Waals surface area contributed by atoms with Gasteiger partial charge >= 0.3 is 0 Å². The van der Waals surface area contributed by atoms with Crippen LogP contribution in [0, 0.1) is 3.57 Å². The first-order valence-corrected chi connectivity index (χ1v) is 7.07. The molecule has 4 heteroatoms. The summed E-state index contributed by atoms with van der Waals surface area (Å²) in [7, 11) is 0. The molecular weight excluding hydrogens is 325 g/mol. The van der Waals surface area contributed by atoms with E-state index in [1.165, 1.54) is 22.8 Å². The van der Waals surface area contributed by atoms with Gasteiger partial charge in [0.2, 0.25) is 0 Å². The van der Waals surface area contributed by atoms with E-state index < -0.39 is 0 Å². The Labute approximate surface area is 116 Å². The van der Waals surface area contributed by atoms with Gasteiger partial charge in [0.15, 0.2) is 0 Å². The number of amidine groups is 1. The Morgan fingerprint density at radius 2 is 2.12 bits per heavy atom. The van der Waals surface area contributed by atoms with Gasteiger partial charge in [-0.25, -0.2) is 0 Å². The minimum Gasteiger partial charge on any atom is -0.277 e. The number of halogens is 1. The van der Waals surface area contributed by atoms with Crippen LogP contribution in [0.5, 0.6) is 0 Å². The Bertz CT molecular complexity index is 426. The van der Waals surface area contributed by atoms with Crippen molar-refractivity contribution in [1.29, 1.82) is 0 Å². The Morgan fingerprint density at radius 3 is 3.00 bits per heavy atom. The number of rotatable bonds is 2. The third kappa shape index (κ3) is 4.11. The highest BCUT2D eigenvalue weighted by Gasteiger charge is 2.08. The maximum absolute atomic E-state index is 4.29. The smallest absolute Gasteiger partial charge is 0.267 e. The quantitative estimate of drug-likeness (QED) is 0.474. The molecule has 0 saturated heterocycles. The predicted molar refractivity (Wildman–Crippen MR) is 79.2 cm³/mol. The van der Waals surface area contributed by atoms with Crippen molar-refractivity contribution in [3.63, 3.8) is 0 Å². The Kier molecular flexibility index (Phi) is 4.97. The topological polar surface area (TPSA) is 38.4 Å². The van der Waals surface area contributed by atoms with E-state index in [2.05, 4.69) is 50.2 Å². The monoisotopic (exact) mass is 342 g/mol. The van der Waals surface area contributed by atoms with Gasteiger partial charge in [0.1, 0.15) is 0 Å². The molecule has 0 aliphatic carbocycles. The lowest BCUT2D eigenvalue weighted by molar-refractivity contribution is -0.459. The summed E-state index contributed by atoms with van der Waals surface area (Å²) in [6.07, 6.45) is 6.75. The first-order chi connectivity index (χ1) is 8.36. The van der Waals surface area contributed by atoms with E-state index in [9.17, 15) is 0 Å². The van der Waals surface area contributed by atoms with E-state index in [0.29, 0.717) is 0 Å². The van der Waals surface area contributed by atoms with Crippen LogP contribution in [-0.4, -0.2) is 18.6 Å². The average molecular weight is 342 g/mol. The van der Waals surface area contributed by atoms with Gasteiger partial charge in [0.25, 0.3) is 5.84 Å². The van der Waals surface area contributed by atoms with Gasteiger partial charge in [-0.05, 0) is 47.9 Å². The lowest BCUT2D eigenvalue weighted by Gasteiger charge is -1.96. The molecule has 17 heavy (non-hydrogen) atoms. The summed E-state index contributed by atoms with van der Waals surface area (Å²) in [6, 6.07) is 8.21. The second-order valence-corrected chi connectivity index (χ2v) is 5.27. The number of nitrogens with zero attached hydrogens (tertiary/aromatic N) is 1. The van der Waals surface area contributed by atoms with E-state index in [1.54, 1.807) is 0 Å². The number of hydrogen-bond acceptors (Lipinski definition) is 2. The molecule has 90 valence electrons. The molecule has 2 rings (SSSR count). The van der Waals surface area contributed by atoms with Crippen LogP contribution >= 0.6 is 22.6 Å². The van der Waals surface area contributed by atoms with Crippen LogP contribution in [0.4, 0.5) is 0 Å². The standard InChI is InChI=1S/C13H16IN3/c14-12-7-4-3-6-11(12)10-16-17-13-8-2-1-5-9-15-13/h3-4,6-7,10H,1-2,5,8-9H2,(H,15,17)/p+1/b16-10+. The lowest BCUT2D eigenvalue weighted by atomic mass is 10.2. The fourth-order valence-corrected chi connectivity index (χ4v) is 2.31. The third-order valence-electron chi connectivity index (χ3n) is 2.75. The van der Waals surface area contributed by atoms with Crippen LogP contribution in [0.15, 0.2) is 29.4 Å². The minimum absolute atomic E-state index is 1.06. The second kappa shape index (κ2) is 6.74. The van der Waals surface area contributed by atoms with Crippen LogP contribution in [0.3, 0.4) is 0 Å². The summed E-state index contributed by atoms with van der Waals surface area (Å²) in [6.45, 7) is 1.06. The van der Waals surface area contributed by atoms with Crippen molar-refractivity contribution in [3.05, 3.63) is 33.4 Å². The molecule has 0 fully saturated rings. The van der Waals surface area contributed by atoms with Gasteiger partial charge in [0.05, 0.1) is 19.2 Å². The van der Waals surface area contributed by atoms with Crippen LogP contribution in [0.25, 0.3) is 0 Å². The summed E-state index contributed by atoms with van der Waals surface area (Å²) in [5.74, 6) is 1.14. The van der Waals surface area contributed by atoms with Crippen molar-refractivity contribution in [2.75, 3.05) is 6.54 Å². The maximum Gasteiger partial charge on any atom is 0.267 e. The molecule has 2 N–H and O–H groups in total. The van der Waals surface area contributed by atoms with Crippen molar-refractivity contribution >= 4 is 34.6 Å². The largest absolute Gasteiger partial charge is 0.277 e. The molecule has 0 unspecified atom stereocenters. The Morgan fingerprint density at radius 1 is 1.24 bits per heavy atom. The van der Waals surface area contributed by atoms with Gasteiger partial charge in [-0.2, -0.15) is 5.43 Å². The van der Waals surface area contributed by atoms with Gasteiger partial charge in [-0.1, -0.05) is 23.3 Å². The fourth-order valence-electron chi connectivity index (χ4n) is 1.79. The highest BCUT2D eigenvalue weighted by atomic mass is 127. The average Bonchev–Trinajstić information content (AvgIpc) is 2.60. The van der Waals surface area contributed by atoms with Gasteiger partial charge < -0.3 is 0 Å². The second-order valence-electron chi connectivity index (χ2n) is 4.11. The number of hydrogen-bond donors (Lipinski definition) is 2. The molecule has 0 aromatic heterocycles. The molecule has 0 bridgehead atoms. The van der Waals surface area contributed by atoms with Crippen LogP contribution < -0.4 is 10.4 Å². The predicted octanol–water partition coefficient (Wildman–Crippen LogP) is 1.27. The van der Waals surface area contributed by atoms with Crippen molar-refractivity contribution in [3.8, 4) is 0 Å². The SMILES string of the molecule is Ic1ccccc1/C=N/NC1=[NH+]CCCCC1. The molecule has 1 aromatic rings. The molecule has 0 amide bonds. The van der Waals surface area contributed by atoms with Crippen LogP contribution in [0.2, 0.25) is 0 Å². The van der Waals surface area contributed by atoms with Gasteiger partial charge in [0, 0.05) is 9.13 Å². The summed E-state index contributed by atoms with van der Waals surface area (Å²) in [5.41, 5.74) is 4.26. The minimum atomic E-state index is 1.06. The maximum atomic E-state index is 4.29. The molecule has 0 spiro atoms. The molecule has 1 aliphatic heterocycles. The third-order valence-corrected chi connectivity index (χ3v) is 3.73. The van der Waals surface area contributed by atoms with Crippen molar-refractivity contribution in [1.82, 2.24) is 5.43 Å². The first kappa shape index (κ1) is 12.5. The van der Waals surface area contributed by atoms with Crippen LogP contribution in [0.1, 0.15) is 31.2 Å². The van der Waals surface area contributed by atoms with Crippen molar-refractivity contribution < 1.29 is 4.99 Å².